The zero-order chi connectivity index (χ0) is 16.0. The van der Waals surface area contributed by atoms with Crippen molar-refractivity contribution in [3.05, 3.63) is 58.9 Å². The predicted molar refractivity (Wildman–Crippen MR) is 89.0 cm³/mol. The summed E-state index contributed by atoms with van der Waals surface area (Å²) in [6.45, 7) is 0. The van der Waals surface area contributed by atoms with Gasteiger partial charge in [0.2, 0.25) is 0 Å². The zero-order valence-corrected chi connectivity index (χ0v) is 13.3. The summed E-state index contributed by atoms with van der Waals surface area (Å²) in [6, 6.07) is 12.7. The molecule has 2 aromatic rings. The van der Waals surface area contributed by atoms with Gasteiger partial charge >= 0.3 is 0 Å². The van der Waals surface area contributed by atoms with E-state index >= 15 is 0 Å². The van der Waals surface area contributed by atoms with E-state index in [-0.39, 0.29) is 24.1 Å². The maximum atomic E-state index is 14.8. The molecular formula is C19H17ClFNO. The quantitative estimate of drug-likeness (QED) is 0.918. The highest BCUT2D eigenvalue weighted by Crippen LogP contribution is 2.41. The van der Waals surface area contributed by atoms with E-state index in [0.717, 1.165) is 6.42 Å². The standard InChI is InChI=1S/C19H17ClFNO/c20-15-7-2-1-5-13(15)14-6-3-4-11(19(14)21)10-18(23)17-9-12-8-16(12)22-17/h1-7,12,16-17,22H,8-10H2/t12-,16-,17+/m1/s1. The van der Waals surface area contributed by atoms with E-state index in [9.17, 15) is 9.18 Å². The van der Waals surface area contributed by atoms with E-state index in [2.05, 4.69) is 5.32 Å². The lowest BCUT2D eigenvalue weighted by molar-refractivity contribution is -0.120. The molecule has 4 heteroatoms. The van der Waals surface area contributed by atoms with Crippen LogP contribution < -0.4 is 5.32 Å². The molecule has 0 unspecified atom stereocenters. The van der Waals surface area contributed by atoms with Crippen molar-refractivity contribution in [2.45, 2.75) is 31.3 Å². The van der Waals surface area contributed by atoms with Crippen LogP contribution in [-0.4, -0.2) is 17.9 Å². The van der Waals surface area contributed by atoms with E-state index < -0.39 is 0 Å². The van der Waals surface area contributed by atoms with Gasteiger partial charge in [-0.1, -0.05) is 48.0 Å². The van der Waals surface area contributed by atoms with Crippen molar-refractivity contribution in [3.8, 4) is 11.1 Å². The van der Waals surface area contributed by atoms with Gasteiger partial charge in [0.15, 0.2) is 5.78 Å². The molecule has 2 nitrogen and oxygen atoms in total. The Labute approximate surface area is 139 Å². The van der Waals surface area contributed by atoms with Gasteiger partial charge in [-0.2, -0.15) is 0 Å². The average Bonchev–Trinajstić information content (AvgIpc) is 3.16. The van der Waals surface area contributed by atoms with Crippen LogP contribution >= 0.6 is 11.6 Å². The fourth-order valence-corrected chi connectivity index (χ4v) is 3.72. The molecule has 1 N–H and O–H groups in total. The topological polar surface area (TPSA) is 29.1 Å². The second-order valence-electron chi connectivity index (χ2n) is 6.46. The number of carbonyl (C=O) groups excluding carboxylic acids is 1. The third-order valence-corrected chi connectivity index (χ3v) is 5.20. The number of rotatable bonds is 4. The molecular weight excluding hydrogens is 313 g/mol. The SMILES string of the molecule is O=C(Cc1cccc(-c2ccccc2Cl)c1F)[C@@H]1C[C@H]2C[C@H]2N1. The first kappa shape index (κ1) is 14.9. The van der Waals surface area contributed by atoms with E-state index in [4.69, 9.17) is 11.6 Å². The smallest absolute Gasteiger partial charge is 0.154 e. The average molecular weight is 330 g/mol. The Hall–Kier alpha value is -1.71. The third kappa shape index (κ3) is 2.79. The van der Waals surface area contributed by atoms with Crippen LogP contribution in [-0.2, 0) is 11.2 Å². The second kappa shape index (κ2) is 5.73. The first-order valence-corrected chi connectivity index (χ1v) is 8.32. The normalized spacial score (nSPS) is 25.2. The Morgan fingerprint density at radius 1 is 1.13 bits per heavy atom. The first-order valence-electron chi connectivity index (χ1n) is 7.94. The molecule has 2 aliphatic rings. The molecule has 0 spiro atoms. The van der Waals surface area contributed by atoms with Crippen molar-refractivity contribution in [1.29, 1.82) is 0 Å². The molecule has 1 saturated heterocycles. The minimum atomic E-state index is -0.350. The van der Waals surface area contributed by atoms with Crippen LogP contribution in [0.15, 0.2) is 42.5 Å². The number of hydrogen-bond acceptors (Lipinski definition) is 2. The van der Waals surface area contributed by atoms with Crippen LogP contribution in [0.1, 0.15) is 18.4 Å². The molecule has 3 atom stereocenters. The Balaban J connectivity index is 1.59. The summed E-state index contributed by atoms with van der Waals surface area (Å²) in [5.41, 5.74) is 1.54. The molecule has 0 radical (unpaired) electrons. The Morgan fingerprint density at radius 2 is 1.91 bits per heavy atom. The number of Topliss-reactive ketones (excluding diaryl/α,β-unsaturated/α-hetero) is 1. The van der Waals surface area contributed by atoms with Crippen LogP contribution in [0.5, 0.6) is 0 Å². The predicted octanol–water partition coefficient (Wildman–Crippen LogP) is 4.01. The highest BCUT2D eigenvalue weighted by atomic mass is 35.5. The van der Waals surface area contributed by atoms with Gasteiger partial charge in [0.25, 0.3) is 0 Å². The van der Waals surface area contributed by atoms with E-state index in [1.165, 1.54) is 6.42 Å². The minimum absolute atomic E-state index is 0.0763. The number of benzene rings is 2. The fourth-order valence-electron chi connectivity index (χ4n) is 3.48. The first-order chi connectivity index (χ1) is 11.1. The summed E-state index contributed by atoms with van der Waals surface area (Å²) in [4.78, 5) is 12.4. The van der Waals surface area contributed by atoms with Crippen molar-refractivity contribution >= 4 is 17.4 Å². The summed E-state index contributed by atoms with van der Waals surface area (Å²) in [7, 11) is 0. The molecule has 2 aromatic carbocycles. The molecule has 2 fully saturated rings. The van der Waals surface area contributed by atoms with Crippen molar-refractivity contribution < 1.29 is 9.18 Å². The van der Waals surface area contributed by atoms with Crippen molar-refractivity contribution in [1.82, 2.24) is 5.32 Å². The van der Waals surface area contributed by atoms with Crippen molar-refractivity contribution in [2.75, 3.05) is 0 Å². The lowest BCUT2D eigenvalue weighted by atomic mass is 9.97. The number of fused-ring (bicyclic) bond motifs is 1. The highest BCUT2D eigenvalue weighted by Gasteiger charge is 2.47. The number of nitrogens with one attached hydrogen (secondary N) is 1. The molecule has 4 rings (SSSR count). The Kier molecular flexibility index (Phi) is 3.70. The zero-order valence-electron chi connectivity index (χ0n) is 12.6. The number of hydrogen-bond donors (Lipinski definition) is 1. The summed E-state index contributed by atoms with van der Waals surface area (Å²) in [5, 5.41) is 3.84. The molecule has 0 bridgehead atoms. The number of carbonyl (C=O) groups is 1. The third-order valence-electron chi connectivity index (χ3n) is 4.87. The maximum absolute atomic E-state index is 14.8. The van der Waals surface area contributed by atoms with Gasteiger partial charge in [-0.05, 0) is 30.4 Å². The van der Waals surface area contributed by atoms with Crippen LogP contribution in [0, 0.1) is 11.7 Å². The van der Waals surface area contributed by atoms with Gasteiger partial charge in [0.05, 0.1) is 6.04 Å². The lowest BCUT2D eigenvalue weighted by Crippen LogP contribution is -2.35. The molecule has 1 aliphatic heterocycles. The molecule has 1 aliphatic carbocycles. The number of piperidine rings is 1. The van der Waals surface area contributed by atoms with Gasteiger partial charge in [0, 0.05) is 28.6 Å². The maximum Gasteiger partial charge on any atom is 0.154 e. The molecule has 118 valence electrons. The number of ketones is 1. The highest BCUT2D eigenvalue weighted by molar-refractivity contribution is 6.33. The summed E-state index contributed by atoms with van der Waals surface area (Å²) in [6.07, 6.45) is 2.21. The monoisotopic (exact) mass is 329 g/mol. The van der Waals surface area contributed by atoms with Crippen molar-refractivity contribution in [2.24, 2.45) is 5.92 Å². The lowest BCUT2D eigenvalue weighted by Gasteiger charge is -2.14. The van der Waals surface area contributed by atoms with Gasteiger partial charge in [-0.25, -0.2) is 4.39 Å². The van der Waals surface area contributed by atoms with Crippen LogP contribution in [0.2, 0.25) is 5.02 Å². The van der Waals surface area contributed by atoms with Gasteiger partial charge in [0.1, 0.15) is 5.82 Å². The molecule has 1 saturated carbocycles. The molecule has 0 amide bonds. The van der Waals surface area contributed by atoms with E-state index in [1.54, 1.807) is 30.3 Å². The van der Waals surface area contributed by atoms with E-state index in [0.29, 0.717) is 33.7 Å². The molecule has 0 aromatic heterocycles. The van der Waals surface area contributed by atoms with Crippen LogP contribution in [0.25, 0.3) is 11.1 Å². The Morgan fingerprint density at radius 3 is 2.65 bits per heavy atom. The van der Waals surface area contributed by atoms with Crippen LogP contribution in [0.3, 0.4) is 0 Å². The van der Waals surface area contributed by atoms with E-state index in [1.807, 2.05) is 12.1 Å². The number of halogens is 2. The van der Waals surface area contributed by atoms with Gasteiger partial charge in [-0.15, -0.1) is 0 Å². The summed E-state index contributed by atoms with van der Waals surface area (Å²) >= 11 is 6.17. The largest absolute Gasteiger partial charge is 0.304 e. The molecule has 1 heterocycles. The summed E-state index contributed by atoms with van der Waals surface area (Å²) in [5.74, 6) is 0.382. The van der Waals surface area contributed by atoms with Gasteiger partial charge in [-0.3, -0.25) is 4.79 Å². The van der Waals surface area contributed by atoms with Crippen LogP contribution in [0.4, 0.5) is 4.39 Å². The van der Waals surface area contributed by atoms with Crippen molar-refractivity contribution in [3.63, 3.8) is 0 Å². The second-order valence-corrected chi connectivity index (χ2v) is 6.87. The minimum Gasteiger partial charge on any atom is -0.304 e. The van der Waals surface area contributed by atoms with Gasteiger partial charge < -0.3 is 5.32 Å². The fraction of sp³-hybridized carbons (Fsp3) is 0.316. The summed E-state index contributed by atoms with van der Waals surface area (Å²) < 4.78 is 14.8. The Bertz CT molecular complexity index is 766. The molecule has 23 heavy (non-hydrogen) atoms.